The second-order valence-corrected chi connectivity index (χ2v) is 3.89. The van der Waals surface area contributed by atoms with E-state index < -0.39 is 18.5 Å². The maximum Gasteiger partial charge on any atom is 0.325 e. The summed E-state index contributed by atoms with van der Waals surface area (Å²) in [5.74, 6) is -1.83. The summed E-state index contributed by atoms with van der Waals surface area (Å²) in [6.07, 6.45) is 10.1. The van der Waals surface area contributed by atoms with Crippen LogP contribution in [0.4, 0.5) is 0 Å². The number of carboxylic acids is 2. The van der Waals surface area contributed by atoms with Crippen LogP contribution in [0, 0.1) is 0 Å². The third-order valence-corrected chi connectivity index (χ3v) is 2.35. The molecule has 1 aliphatic carbocycles. The molecule has 0 heterocycles. The SMILES string of the molecule is CO/C1=C(NCC(=O)O)/C=C\C=C/C=C\C1=NCC(=O)O. The van der Waals surface area contributed by atoms with E-state index in [2.05, 4.69) is 10.3 Å². The van der Waals surface area contributed by atoms with Crippen molar-refractivity contribution < 1.29 is 24.5 Å². The zero-order valence-corrected chi connectivity index (χ0v) is 11.4. The molecule has 0 spiro atoms. The molecule has 0 aromatic heterocycles. The van der Waals surface area contributed by atoms with E-state index in [0.717, 1.165) is 0 Å². The third kappa shape index (κ3) is 5.77. The number of carbonyl (C=O) groups is 2. The van der Waals surface area contributed by atoms with Crippen molar-refractivity contribution in [2.75, 3.05) is 20.2 Å². The van der Waals surface area contributed by atoms with Gasteiger partial charge in [0.05, 0.1) is 12.8 Å². The molecular weight excluding hydrogens is 276 g/mol. The summed E-state index contributed by atoms with van der Waals surface area (Å²) in [6.45, 7) is -0.710. The predicted octanol–water partition coefficient (Wildman–Crippen LogP) is 0.726. The summed E-state index contributed by atoms with van der Waals surface area (Å²) in [5.41, 5.74) is 0.712. The van der Waals surface area contributed by atoms with E-state index in [1.165, 1.54) is 7.11 Å². The van der Waals surface area contributed by atoms with Crippen LogP contribution in [-0.2, 0) is 14.3 Å². The fourth-order valence-electron chi connectivity index (χ4n) is 1.52. The highest BCUT2D eigenvalue weighted by Crippen LogP contribution is 2.10. The van der Waals surface area contributed by atoms with E-state index in [0.29, 0.717) is 11.4 Å². The second kappa shape index (κ2) is 8.36. The number of aliphatic carboxylic acids is 2. The maximum atomic E-state index is 10.7. The van der Waals surface area contributed by atoms with E-state index in [4.69, 9.17) is 14.9 Å². The smallest absolute Gasteiger partial charge is 0.325 e. The van der Waals surface area contributed by atoms with Crippen molar-refractivity contribution in [3.05, 3.63) is 47.9 Å². The standard InChI is InChI=1S/C14H16N2O5/c1-21-14-10(15-8-12(17)18)6-4-2-3-5-7-11(14)16-9-13(19)20/h2-7,15H,8-9H2,1H3,(H,17,18)(H,19,20)/b3-2-,6-4-,7-5-,14-10-,16-11?. The van der Waals surface area contributed by atoms with Crippen molar-refractivity contribution in [2.45, 2.75) is 0 Å². The quantitative estimate of drug-likeness (QED) is 0.666. The molecule has 3 N–H and O–H groups in total. The Morgan fingerprint density at radius 1 is 1.14 bits per heavy atom. The number of nitrogens with one attached hydrogen (secondary N) is 1. The van der Waals surface area contributed by atoms with Gasteiger partial charge in [-0.15, -0.1) is 0 Å². The molecule has 0 bridgehead atoms. The Morgan fingerprint density at radius 3 is 2.38 bits per heavy atom. The molecule has 1 aliphatic rings. The van der Waals surface area contributed by atoms with E-state index in [9.17, 15) is 9.59 Å². The Balaban J connectivity index is 3.21. The Morgan fingerprint density at radius 2 is 1.81 bits per heavy atom. The van der Waals surface area contributed by atoms with Crippen LogP contribution in [0.15, 0.2) is 52.9 Å². The topological polar surface area (TPSA) is 108 Å². The third-order valence-electron chi connectivity index (χ3n) is 2.35. The van der Waals surface area contributed by atoms with Gasteiger partial charge >= 0.3 is 11.9 Å². The van der Waals surface area contributed by atoms with Crippen molar-refractivity contribution in [3.63, 3.8) is 0 Å². The van der Waals surface area contributed by atoms with Gasteiger partial charge in [-0.1, -0.05) is 24.3 Å². The fourth-order valence-corrected chi connectivity index (χ4v) is 1.52. The Bertz CT molecular complexity index is 556. The number of methoxy groups -OCH3 is 1. The van der Waals surface area contributed by atoms with Crippen LogP contribution in [0.5, 0.6) is 0 Å². The molecule has 7 heteroatoms. The first-order chi connectivity index (χ1) is 10.0. The van der Waals surface area contributed by atoms with Crippen LogP contribution < -0.4 is 5.32 Å². The molecule has 0 radical (unpaired) electrons. The molecule has 7 nitrogen and oxygen atoms in total. The normalized spacial score (nSPS) is 24.3. The summed E-state index contributed by atoms with van der Waals surface area (Å²) >= 11 is 0. The highest BCUT2D eigenvalue weighted by molar-refractivity contribution is 6.08. The lowest BCUT2D eigenvalue weighted by molar-refractivity contribution is -0.136. The van der Waals surface area contributed by atoms with Crippen molar-refractivity contribution in [2.24, 2.45) is 4.99 Å². The highest BCUT2D eigenvalue weighted by Gasteiger charge is 2.12. The van der Waals surface area contributed by atoms with Gasteiger partial charge in [-0.05, 0) is 12.2 Å². The van der Waals surface area contributed by atoms with Gasteiger partial charge in [0, 0.05) is 0 Å². The summed E-state index contributed by atoms with van der Waals surface area (Å²) < 4.78 is 5.24. The first-order valence-electron chi connectivity index (χ1n) is 6.06. The average Bonchev–Trinajstić information content (AvgIpc) is 2.52. The molecule has 1 rings (SSSR count). The van der Waals surface area contributed by atoms with Crippen molar-refractivity contribution in [1.29, 1.82) is 0 Å². The monoisotopic (exact) mass is 292 g/mol. The van der Waals surface area contributed by atoms with Crippen LogP contribution in [0.2, 0.25) is 0 Å². The summed E-state index contributed by atoms with van der Waals surface area (Å²) in [5, 5.41) is 20.2. The number of ether oxygens (including phenoxy) is 1. The second-order valence-electron chi connectivity index (χ2n) is 3.89. The summed E-state index contributed by atoms with van der Waals surface area (Å²) in [6, 6.07) is 0. The van der Waals surface area contributed by atoms with Crippen molar-refractivity contribution in [1.82, 2.24) is 5.32 Å². The molecule has 0 aliphatic heterocycles. The van der Waals surface area contributed by atoms with Gasteiger partial charge in [0.2, 0.25) is 0 Å². The van der Waals surface area contributed by atoms with Gasteiger partial charge in [-0.25, -0.2) is 0 Å². The lowest BCUT2D eigenvalue weighted by Gasteiger charge is -2.12. The average molecular weight is 292 g/mol. The van der Waals surface area contributed by atoms with E-state index in [1.807, 2.05) is 0 Å². The molecular formula is C14H16N2O5. The van der Waals surface area contributed by atoms with E-state index >= 15 is 0 Å². The minimum atomic E-state index is -1.07. The first kappa shape index (κ1) is 16.2. The lowest BCUT2D eigenvalue weighted by Crippen LogP contribution is -2.24. The highest BCUT2D eigenvalue weighted by atomic mass is 16.5. The summed E-state index contributed by atoms with van der Waals surface area (Å²) in [4.78, 5) is 25.3. The number of rotatable bonds is 6. The van der Waals surface area contributed by atoms with Crippen molar-refractivity contribution >= 4 is 17.7 Å². The van der Waals surface area contributed by atoms with E-state index in [1.54, 1.807) is 36.5 Å². The van der Waals surface area contributed by atoms with Gasteiger partial charge in [0.15, 0.2) is 5.76 Å². The van der Waals surface area contributed by atoms with Gasteiger partial charge in [-0.2, -0.15) is 0 Å². The molecule has 0 aromatic rings. The number of allylic oxidation sites excluding steroid dienone is 6. The zero-order valence-electron chi connectivity index (χ0n) is 11.4. The van der Waals surface area contributed by atoms with Crippen LogP contribution in [0.3, 0.4) is 0 Å². The minimum Gasteiger partial charge on any atom is -0.492 e. The van der Waals surface area contributed by atoms with E-state index in [-0.39, 0.29) is 12.3 Å². The Labute approximate surface area is 121 Å². The number of hydrogen-bond donors (Lipinski definition) is 3. The van der Waals surface area contributed by atoms with Gasteiger partial charge in [-0.3, -0.25) is 14.6 Å². The van der Waals surface area contributed by atoms with Gasteiger partial charge in [0.25, 0.3) is 0 Å². The fraction of sp³-hybridized carbons (Fsp3) is 0.214. The molecule has 21 heavy (non-hydrogen) atoms. The van der Waals surface area contributed by atoms with Gasteiger partial charge < -0.3 is 20.3 Å². The van der Waals surface area contributed by atoms with Gasteiger partial charge in [0.1, 0.15) is 18.8 Å². The van der Waals surface area contributed by atoms with Crippen LogP contribution >= 0.6 is 0 Å². The van der Waals surface area contributed by atoms with Crippen molar-refractivity contribution in [3.8, 4) is 0 Å². The number of carboxylic acid groups (broad SMARTS) is 2. The minimum absolute atomic E-state index is 0.272. The zero-order chi connectivity index (χ0) is 15.7. The molecule has 0 aromatic carbocycles. The van der Waals surface area contributed by atoms with Crippen LogP contribution in [0.25, 0.3) is 0 Å². The molecule has 0 amide bonds. The van der Waals surface area contributed by atoms with Crippen LogP contribution in [0.1, 0.15) is 0 Å². The number of nitrogens with zero attached hydrogens (tertiary/aromatic N) is 1. The largest absolute Gasteiger partial charge is 0.492 e. The molecule has 112 valence electrons. The Hall–Kier alpha value is -2.83. The first-order valence-corrected chi connectivity index (χ1v) is 6.06. The van der Waals surface area contributed by atoms with Crippen LogP contribution in [-0.4, -0.2) is 48.1 Å². The molecule has 0 saturated carbocycles. The lowest BCUT2D eigenvalue weighted by atomic mass is 10.2. The Kier molecular flexibility index (Phi) is 6.46. The number of aliphatic imine (C=N–C) groups is 1. The molecule has 0 atom stereocenters. The number of hydrogen-bond acceptors (Lipinski definition) is 5. The summed E-state index contributed by atoms with van der Waals surface area (Å²) in [7, 11) is 1.40. The molecule has 0 unspecified atom stereocenters. The molecule has 0 saturated heterocycles. The predicted molar refractivity (Wildman–Crippen MR) is 77.0 cm³/mol. The molecule has 0 fully saturated rings. The maximum absolute atomic E-state index is 10.7.